The first kappa shape index (κ1) is 7.72. The average Bonchev–Trinajstić information content (AvgIpc) is 2.19. The Kier molecular flexibility index (Phi) is 1.70. The average molecular weight is 176 g/mol. The van der Waals surface area contributed by atoms with Gasteiger partial charge in [-0.1, -0.05) is 0 Å². The Morgan fingerprint density at radius 1 is 1.54 bits per heavy atom. The Morgan fingerprint density at radius 3 is 3.15 bits per heavy atom. The lowest BCUT2D eigenvalue weighted by molar-refractivity contribution is 1.00. The summed E-state index contributed by atoms with van der Waals surface area (Å²) in [4.78, 5) is 15.2. The van der Waals surface area contributed by atoms with Crippen LogP contribution in [0.4, 0.5) is 5.82 Å². The molecule has 0 atom stereocenters. The summed E-state index contributed by atoms with van der Waals surface area (Å²) in [5.74, 6) is 0.628. The van der Waals surface area contributed by atoms with E-state index in [0.29, 0.717) is 11.3 Å². The summed E-state index contributed by atoms with van der Waals surface area (Å²) in [7, 11) is 1.74. The van der Waals surface area contributed by atoms with Crippen LogP contribution < -0.4 is 10.9 Å². The number of fused-ring (bicyclic) bond motifs is 1. The summed E-state index contributed by atoms with van der Waals surface area (Å²) < 4.78 is 0. The molecular weight excluding hydrogens is 168 g/mol. The predicted molar refractivity (Wildman–Crippen MR) is 49.7 cm³/mol. The number of nitrogens with zero attached hydrogens (tertiary/aromatic N) is 2. The van der Waals surface area contributed by atoms with Gasteiger partial charge < -0.3 is 5.32 Å². The normalized spacial score (nSPS) is 10.2. The molecule has 0 unspecified atom stereocenters. The molecule has 2 aromatic heterocycles. The van der Waals surface area contributed by atoms with Crippen molar-refractivity contribution in [1.82, 2.24) is 15.2 Å². The molecule has 0 aromatic carbocycles. The molecule has 13 heavy (non-hydrogen) atoms. The predicted octanol–water partition coefficient (Wildman–Crippen LogP) is 0.360. The maximum atomic E-state index is 11.2. The van der Waals surface area contributed by atoms with E-state index in [0.717, 1.165) is 5.39 Å². The highest BCUT2D eigenvalue weighted by molar-refractivity contribution is 5.87. The standard InChI is InChI=1S/C8H8N4O/c1-9-7-5-3-2-4-10-6(5)8(13)12-11-7/h2-4H,1H3,(H,9,11)(H,12,13). The minimum atomic E-state index is -0.269. The third-order valence-corrected chi connectivity index (χ3v) is 1.78. The lowest BCUT2D eigenvalue weighted by Gasteiger charge is -2.01. The summed E-state index contributed by atoms with van der Waals surface area (Å²) in [5, 5.41) is 9.81. The van der Waals surface area contributed by atoms with Crippen molar-refractivity contribution in [3.63, 3.8) is 0 Å². The van der Waals surface area contributed by atoms with E-state index in [9.17, 15) is 4.79 Å². The molecule has 2 rings (SSSR count). The first-order valence-corrected chi connectivity index (χ1v) is 3.84. The second kappa shape index (κ2) is 2.85. The van der Waals surface area contributed by atoms with Crippen LogP contribution in [0.3, 0.4) is 0 Å². The van der Waals surface area contributed by atoms with Crippen LogP contribution in [-0.2, 0) is 0 Å². The molecule has 0 aliphatic carbocycles. The van der Waals surface area contributed by atoms with Gasteiger partial charge in [0.05, 0.1) is 5.39 Å². The van der Waals surface area contributed by atoms with Gasteiger partial charge in [-0.2, -0.15) is 5.10 Å². The molecule has 5 nitrogen and oxygen atoms in total. The zero-order valence-corrected chi connectivity index (χ0v) is 7.03. The van der Waals surface area contributed by atoms with Crippen molar-refractivity contribution in [2.24, 2.45) is 0 Å². The quantitative estimate of drug-likeness (QED) is 0.658. The van der Waals surface area contributed by atoms with Crippen molar-refractivity contribution in [1.29, 1.82) is 0 Å². The number of anilines is 1. The van der Waals surface area contributed by atoms with Crippen molar-refractivity contribution in [3.05, 3.63) is 28.7 Å². The van der Waals surface area contributed by atoms with E-state index in [-0.39, 0.29) is 5.56 Å². The third-order valence-electron chi connectivity index (χ3n) is 1.78. The van der Waals surface area contributed by atoms with Crippen LogP contribution in [-0.4, -0.2) is 22.2 Å². The van der Waals surface area contributed by atoms with Crippen LogP contribution in [0.15, 0.2) is 23.1 Å². The Labute approximate surface area is 73.8 Å². The summed E-state index contributed by atoms with van der Waals surface area (Å²) in [6.45, 7) is 0. The fraction of sp³-hybridized carbons (Fsp3) is 0.125. The van der Waals surface area contributed by atoms with Crippen LogP contribution in [0.5, 0.6) is 0 Å². The SMILES string of the molecule is CNc1n[nH]c(=O)c2ncccc12. The Hall–Kier alpha value is -1.91. The monoisotopic (exact) mass is 176 g/mol. The number of aromatic nitrogens is 3. The van der Waals surface area contributed by atoms with Crippen molar-refractivity contribution in [2.45, 2.75) is 0 Å². The van der Waals surface area contributed by atoms with E-state index in [1.54, 1.807) is 25.4 Å². The molecular formula is C8H8N4O. The minimum Gasteiger partial charge on any atom is -0.371 e. The van der Waals surface area contributed by atoms with E-state index in [1.165, 1.54) is 0 Å². The second-order valence-corrected chi connectivity index (χ2v) is 2.55. The van der Waals surface area contributed by atoms with Gasteiger partial charge in [0.25, 0.3) is 5.56 Å². The molecule has 0 saturated carbocycles. The number of aromatic amines is 1. The lowest BCUT2D eigenvalue weighted by atomic mass is 10.3. The molecule has 0 aliphatic heterocycles. The topological polar surface area (TPSA) is 70.7 Å². The molecule has 2 N–H and O–H groups in total. The summed E-state index contributed by atoms with van der Waals surface area (Å²) in [6, 6.07) is 3.57. The first-order valence-electron chi connectivity index (χ1n) is 3.84. The number of H-pyrrole nitrogens is 1. The van der Waals surface area contributed by atoms with Gasteiger partial charge in [-0.05, 0) is 12.1 Å². The third kappa shape index (κ3) is 1.14. The molecule has 0 aliphatic rings. The number of pyridine rings is 1. The van der Waals surface area contributed by atoms with E-state index < -0.39 is 0 Å². The van der Waals surface area contributed by atoms with Crippen molar-refractivity contribution in [3.8, 4) is 0 Å². The number of rotatable bonds is 1. The maximum Gasteiger partial charge on any atom is 0.290 e. The van der Waals surface area contributed by atoms with Gasteiger partial charge in [0.2, 0.25) is 0 Å². The van der Waals surface area contributed by atoms with E-state index >= 15 is 0 Å². The van der Waals surface area contributed by atoms with Gasteiger partial charge in [0, 0.05) is 13.2 Å². The summed E-state index contributed by atoms with van der Waals surface area (Å²) in [6.07, 6.45) is 1.58. The zero-order valence-electron chi connectivity index (χ0n) is 7.03. The molecule has 0 saturated heterocycles. The Bertz CT molecular complexity index is 491. The van der Waals surface area contributed by atoms with Gasteiger partial charge >= 0.3 is 0 Å². The second-order valence-electron chi connectivity index (χ2n) is 2.55. The van der Waals surface area contributed by atoms with Crippen LogP contribution in [0, 0.1) is 0 Å². The fourth-order valence-corrected chi connectivity index (χ4v) is 1.19. The number of nitrogens with one attached hydrogen (secondary N) is 2. The Balaban J connectivity index is 2.93. The lowest BCUT2D eigenvalue weighted by Crippen LogP contribution is -2.11. The molecule has 0 amide bonds. The van der Waals surface area contributed by atoms with Gasteiger partial charge in [-0.25, -0.2) is 5.10 Å². The minimum absolute atomic E-state index is 0.269. The van der Waals surface area contributed by atoms with Gasteiger partial charge in [-0.3, -0.25) is 9.78 Å². The zero-order chi connectivity index (χ0) is 9.26. The highest BCUT2D eigenvalue weighted by atomic mass is 16.1. The van der Waals surface area contributed by atoms with Gasteiger partial charge in [0.1, 0.15) is 5.52 Å². The molecule has 0 fully saturated rings. The molecule has 0 radical (unpaired) electrons. The molecule has 0 spiro atoms. The Morgan fingerprint density at radius 2 is 2.38 bits per heavy atom. The van der Waals surface area contributed by atoms with Gasteiger partial charge in [0.15, 0.2) is 5.82 Å². The highest BCUT2D eigenvalue weighted by Crippen LogP contribution is 2.13. The maximum absolute atomic E-state index is 11.2. The van der Waals surface area contributed by atoms with Crippen LogP contribution in [0.1, 0.15) is 0 Å². The van der Waals surface area contributed by atoms with E-state index in [4.69, 9.17) is 0 Å². The van der Waals surface area contributed by atoms with E-state index in [1.807, 2.05) is 0 Å². The fourth-order valence-electron chi connectivity index (χ4n) is 1.19. The molecule has 66 valence electrons. The number of hydrogen-bond acceptors (Lipinski definition) is 4. The van der Waals surface area contributed by atoms with Crippen LogP contribution >= 0.6 is 0 Å². The summed E-state index contributed by atoms with van der Waals surface area (Å²) >= 11 is 0. The van der Waals surface area contributed by atoms with Crippen molar-refractivity contribution in [2.75, 3.05) is 12.4 Å². The molecule has 2 heterocycles. The molecule has 2 aromatic rings. The van der Waals surface area contributed by atoms with E-state index in [2.05, 4.69) is 20.5 Å². The van der Waals surface area contributed by atoms with Crippen LogP contribution in [0.2, 0.25) is 0 Å². The first-order chi connectivity index (χ1) is 6.33. The smallest absolute Gasteiger partial charge is 0.290 e. The highest BCUT2D eigenvalue weighted by Gasteiger charge is 2.03. The van der Waals surface area contributed by atoms with Crippen LogP contribution in [0.25, 0.3) is 10.9 Å². The van der Waals surface area contributed by atoms with Gasteiger partial charge in [-0.15, -0.1) is 0 Å². The molecule has 0 bridgehead atoms. The number of hydrogen-bond donors (Lipinski definition) is 2. The summed E-state index contributed by atoms with van der Waals surface area (Å²) in [5.41, 5.74) is 0.136. The van der Waals surface area contributed by atoms with Crippen molar-refractivity contribution < 1.29 is 0 Å². The van der Waals surface area contributed by atoms with Crippen molar-refractivity contribution >= 4 is 16.7 Å². The largest absolute Gasteiger partial charge is 0.371 e. The molecule has 5 heteroatoms.